The molecule has 2 heterocycles. The molecule has 2 aromatic heterocycles. The van der Waals surface area contributed by atoms with E-state index in [0.717, 1.165) is 29.5 Å². The number of nitrogens with one attached hydrogen (secondary N) is 1. The maximum Gasteiger partial charge on any atom is 0.137 e. The van der Waals surface area contributed by atoms with Crippen LogP contribution in [-0.2, 0) is 5.60 Å². The summed E-state index contributed by atoms with van der Waals surface area (Å²) >= 11 is 0. The van der Waals surface area contributed by atoms with E-state index in [1.807, 2.05) is 42.5 Å². The van der Waals surface area contributed by atoms with Crippen molar-refractivity contribution in [3.8, 4) is 0 Å². The van der Waals surface area contributed by atoms with Crippen LogP contribution in [0.5, 0.6) is 0 Å². The Kier molecular flexibility index (Phi) is 5.79. The molecule has 2 N–H and O–H groups in total. The van der Waals surface area contributed by atoms with E-state index in [-0.39, 0.29) is 6.04 Å². The molecule has 0 amide bonds. The fourth-order valence-corrected chi connectivity index (χ4v) is 4.28. The number of hydrogen-bond acceptors (Lipinski definition) is 4. The van der Waals surface area contributed by atoms with Crippen molar-refractivity contribution >= 4 is 0 Å². The van der Waals surface area contributed by atoms with E-state index in [2.05, 4.69) is 27.4 Å². The molecule has 4 nitrogen and oxygen atoms in total. The standard InChI is InChI=1S/C24H27N3O/c28-24(20-11-7-15-25-17-20,21-12-8-16-26-18-21)23(19-9-3-1-4-10-19)27-22-13-5-2-6-14-22/h1,3-4,7-12,15-18,22-23,27-28H,2,5-6,13-14H2. The smallest absolute Gasteiger partial charge is 0.137 e. The summed E-state index contributed by atoms with van der Waals surface area (Å²) in [6.45, 7) is 0. The van der Waals surface area contributed by atoms with Crippen molar-refractivity contribution in [3.63, 3.8) is 0 Å². The minimum absolute atomic E-state index is 0.301. The first-order valence-corrected chi connectivity index (χ1v) is 10.1. The molecular weight excluding hydrogens is 346 g/mol. The van der Waals surface area contributed by atoms with Crippen LogP contribution < -0.4 is 5.32 Å². The monoisotopic (exact) mass is 373 g/mol. The first-order valence-electron chi connectivity index (χ1n) is 10.1. The quantitative estimate of drug-likeness (QED) is 0.673. The Bertz CT molecular complexity index is 809. The van der Waals surface area contributed by atoms with Crippen molar-refractivity contribution in [3.05, 3.63) is 96.1 Å². The van der Waals surface area contributed by atoms with E-state index in [1.165, 1.54) is 19.3 Å². The van der Waals surface area contributed by atoms with Crippen LogP contribution in [0.3, 0.4) is 0 Å². The van der Waals surface area contributed by atoms with Crippen LogP contribution in [0, 0.1) is 0 Å². The zero-order chi connectivity index (χ0) is 19.2. The van der Waals surface area contributed by atoms with E-state index in [9.17, 15) is 5.11 Å². The van der Waals surface area contributed by atoms with Gasteiger partial charge in [-0.05, 0) is 30.5 Å². The number of nitrogens with zero attached hydrogens (tertiary/aromatic N) is 2. The van der Waals surface area contributed by atoms with Gasteiger partial charge in [-0.15, -0.1) is 0 Å². The fourth-order valence-electron chi connectivity index (χ4n) is 4.28. The minimum atomic E-state index is -1.28. The maximum atomic E-state index is 12.3. The van der Waals surface area contributed by atoms with Gasteiger partial charge in [0.2, 0.25) is 0 Å². The molecule has 0 aliphatic heterocycles. The van der Waals surface area contributed by atoms with Crippen molar-refractivity contribution in [2.24, 2.45) is 0 Å². The lowest BCUT2D eigenvalue weighted by atomic mass is 9.77. The predicted octanol–water partition coefficient (Wildman–Crippen LogP) is 4.38. The Morgan fingerprint density at radius 1 is 0.821 bits per heavy atom. The third-order valence-electron chi connectivity index (χ3n) is 5.76. The SMILES string of the molecule is OC(c1cccnc1)(c1cccnc1)C(NC1CCCCC1)c1ccccc1. The van der Waals surface area contributed by atoms with E-state index in [4.69, 9.17) is 0 Å². The average Bonchev–Trinajstić information content (AvgIpc) is 2.79. The second kappa shape index (κ2) is 8.63. The predicted molar refractivity (Wildman–Crippen MR) is 111 cm³/mol. The molecule has 0 saturated heterocycles. The Labute approximate surface area is 166 Å². The zero-order valence-electron chi connectivity index (χ0n) is 16.0. The van der Waals surface area contributed by atoms with Crippen LogP contribution in [-0.4, -0.2) is 21.1 Å². The fraction of sp³-hybridized carbons (Fsp3) is 0.333. The summed E-state index contributed by atoms with van der Waals surface area (Å²) in [6.07, 6.45) is 13.0. The van der Waals surface area contributed by atoms with Crippen molar-refractivity contribution in [2.45, 2.75) is 49.8 Å². The number of aromatic nitrogens is 2. The van der Waals surface area contributed by atoms with Gasteiger partial charge in [0.25, 0.3) is 0 Å². The Morgan fingerprint density at radius 2 is 1.43 bits per heavy atom. The molecule has 0 radical (unpaired) electrons. The van der Waals surface area contributed by atoms with Crippen molar-refractivity contribution < 1.29 is 5.11 Å². The number of benzene rings is 1. The van der Waals surface area contributed by atoms with Crippen molar-refractivity contribution in [1.82, 2.24) is 15.3 Å². The largest absolute Gasteiger partial charge is 0.378 e. The molecule has 1 unspecified atom stereocenters. The molecule has 1 fully saturated rings. The molecule has 1 atom stereocenters. The molecule has 0 spiro atoms. The molecular formula is C24H27N3O. The summed E-state index contributed by atoms with van der Waals surface area (Å²) in [5.41, 5.74) is 1.31. The van der Waals surface area contributed by atoms with Gasteiger partial charge in [0, 0.05) is 42.0 Å². The Balaban J connectivity index is 1.83. The minimum Gasteiger partial charge on any atom is -0.378 e. The van der Waals surface area contributed by atoms with Gasteiger partial charge in [-0.1, -0.05) is 61.7 Å². The molecule has 1 saturated carbocycles. The van der Waals surface area contributed by atoms with Crippen LogP contribution in [0.4, 0.5) is 0 Å². The van der Waals surface area contributed by atoms with Gasteiger partial charge in [0.05, 0.1) is 6.04 Å². The van der Waals surface area contributed by atoms with E-state index < -0.39 is 5.60 Å². The second-order valence-corrected chi connectivity index (χ2v) is 7.60. The summed E-state index contributed by atoms with van der Waals surface area (Å²) in [7, 11) is 0. The van der Waals surface area contributed by atoms with E-state index in [0.29, 0.717) is 6.04 Å². The normalized spacial score (nSPS) is 16.6. The molecule has 0 bridgehead atoms. The maximum absolute atomic E-state index is 12.3. The zero-order valence-corrected chi connectivity index (χ0v) is 16.0. The summed E-state index contributed by atoms with van der Waals surface area (Å²) < 4.78 is 0. The van der Waals surface area contributed by atoms with Crippen molar-refractivity contribution in [2.75, 3.05) is 0 Å². The molecule has 3 aromatic rings. The van der Waals surface area contributed by atoms with Gasteiger partial charge >= 0.3 is 0 Å². The highest BCUT2D eigenvalue weighted by Crippen LogP contribution is 2.41. The number of aliphatic hydroxyl groups is 1. The van der Waals surface area contributed by atoms with E-state index >= 15 is 0 Å². The lowest BCUT2D eigenvalue weighted by Crippen LogP contribution is -2.47. The topological polar surface area (TPSA) is 58.0 Å². The number of pyridine rings is 2. The molecule has 144 valence electrons. The molecule has 1 aliphatic rings. The third kappa shape index (κ3) is 3.84. The molecule has 4 rings (SSSR count). The van der Waals surface area contributed by atoms with E-state index in [1.54, 1.807) is 24.8 Å². The van der Waals surface area contributed by atoms with Gasteiger partial charge in [0.15, 0.2) is 0 Å². The third-order valence-corrected chi connectivity index (χ3v) is 5.76. The highest BCUT2D eigenvalue weighted by molar-refractivity contribution is 5.39. The van der Waals surface area contributed by atoms with Gasteiger partial charge in [-0.25, -0.2) is 0 Å². The summed E-state index contributed by atoms with van der Waals surface area (Å²) in [5, 5.41) is 16.1. The Hall–Kier alpha value is -2.56. The van der Waals surface area contributed by atoms with Gasteiger partial charge in [-0.3, -0.25) is 9.97 Å². The molecule has 28 heavy (non-hydrogen) atoms. The first-order chi connectivity index (χ1) is 13.8. The molecule has 4 heteroatoms. The van der Waals surface area contributed by atoms with Crippen molar-refractivity contribution in [1.29, 1.82) is 0 Å². The van der Waals surface area contributed by atoms with Gasteiger partial charge in [-0.2, -0.15) is 0 Å². The molecule has 1 aliphatic carbocycles. The average molecular weight is 374 g/mol. The van der Waals surface area contributed by atoms with Gasteiger partial charge < -0.3 is 10.4 Å². The van der Waals surface area contributed by atoms with Gasteiger partial charge in [0.1, 0.15) is 5.60 Å². The van der Waals surface area contributed by atoms with Crippen LogP contribution >= 0.6 is 0 Å². The summed E-state index contributed by atoms with van der Waals surface area (Å²) in [4.78, 5) is 8.58. The Morgan fingerprint density at radius 3 is 1.96 bits per heavy atom. The van der Waals surface area contributed by atoms with Crippen LogP contribution in [0.15, 0.2) is 79.4 Å². The first kappa shape index (κ1) is 18.8. The highest BCUT2D eigenvalue weighted by atomic mass is 16.3. The molecule has 1 aromatic carbocycles. The lowest BCUT2D eigenvalue weighted by Gasteiger charge is -2.40. The second-order valence-electron chi connectivity index (χ2n) is 7.60. The van der Waals surface area contributed by atoms with Crippen LogP contribution in [0.2, 0.25) is 0 Å². The lowest BCUT2D eigenvalue weighted by molar-refractivity contribution is 0.0285. The van der Waals surface area contributed by atoms with Crippen LogP contribution in [0.1, 0.15) is 54.8 Å². The van der Waals surface area contributed by atoms with Crippen LogP contribution in [0.25, 0.3) is 0 Å². The summed E-state index contributed by atoms with van der Waals surface area (Å²) in [6, 6.07) is 17.9. The number of rotatable bonds is 6. The summed E-state index contributed by atoms with van der Waals surface area (Å²) in [5.74, 6) is 0. The number of hydrogen-bond donors (Lipinski definition) is 2. The highest BCUT2D eigenvalue weighted by Gasteiger charge is 2.42.